The molecule has 0 saturated carbocycles. The second-order valence-corrected chi connectivity index (χ2v) is 3.53. The number of amidine groups is 1. The Morgan fingerprint density at radius 3 is 2.89 bits per heavy atom. The molecule has 0 unspecified atom stereocenters. The van der Waals surface area contributed by atoms with Crippen molar-refractivity contribution in [3.63, 3.8) is 0 Å². The quantitative estimate of drug-likeness (QED) is 0.850. The van der Waals surface area contributed by atoms with Gasteiger partial charge in [0, 0.05) is 6.21 Å². The number of hydrogen-bond donors (Lipinski definition) is 1. The van der Waals surface area contributed by atoms with Crippen LogP contribution in [0.2, 0.25) is 0 Å². The molecule has 1 aliphatic heterocycles. The number of methoxy groups -OCH3 is 1. The molecule has 0 bridgehead atoms. The number of nitrogens with zero attached hydrogens (tertiary/aromatic N) is 2. The summed E-state index contributed by atoms with van der Waals surface area (Å²) in [6, 6.07) is 4.43. The van der Waals surface area contributed by atoms with Gasteiger partial charge < -0.3 is 14.6 Å². The molecule has 1 heterocycles. The fraction of sp³-hybridized carbons (Fsp3) is 0.250. The smallest absolute Gasteiger partial charge is 0.335 e. The van der Waals surface area contributed by atoms with Gasteiger partial charge in [-0.15, -0.1) is 0 Å². The largest absolute Gasteiger partial charge is 0.493 e. The maximum Gasteiger partial charge on any atom is 0.335 e. The Kier molecular flexibility index (Phi) is 3.57. The minimum Gasteiger partial charge on any atom is -0.493 e. The number of benzene rings is 1. The van der Waals surface area contributed by atoms with Crippen molar-refractivity contribution in [1.29, 1.82) is 0 Å². The lowest BCUT2D eigenvalue weighted by Gasteiger charge is -2.10. The molecule has 0 aromatic heterocycles. The molecule has 94 valence electrons. The predicted octanol–water partition coefficient (Wildman–Crippen LogP) is 1.26. The Balaban J connectivity index is 2.12. The molecular formula is C12H12N2O4. The second kappa shape index (κ2) is 5.31. The summed E-state index contributed by atoms with van der Waals surface area (Å²) < 4.78 is 10.6. The van der Waals surface area contributed by atoms with Crippen molar-refractivity contribution in [3.05, 3.63) is 23.8 Å². The van der Waals surface area contributed by atoms with Gasteiger partial charge in [0.15, 0.2) is 17.3 Å². The van der Waals surface area contributed by atoms with Crippen LogP contribution in [0.4, 0.5) is 0 Å². The molecule has 18 heavy (non-hydrogen) atoms. The number of ether oxygens (including phenoxy) is 2. The molecule has 6 nitrogen and oxygen atoms in total. The highest BCUT2D eigenvalue weighted by atomic mass is 16.5. The van der Waals surface area contributed by atoms with Gasteiger partial charge in [0.05, 0.1) is 19.2 Å². The molecule has 0 radical (unpaired) electrons. The zero-order chi connectivity index (χ0) is 13.0. The first-order chi connectivity index (χ1) is 8.70. The first kappa shape index (κ1) is 12.1. The number of aliphatic imine (C=N–C) groups is 2. The number of carboxylic acid groups (broad SMARTS) is 1. The number of hydrogen-bond acceptors (Lipinski definition) is 5. The van der Waals surface area contributed by atoms with Gasteiger partial charge in [0.2, 0.25) is 0 Å². The Morgan fingerprint density at radius 2 is 2.28 bits per heavy atom. The lowest BCUT2D eigenvalue weighted by Crippen LogP contribution is -2.08. The summed E-state index contributed by atoms with van der Waals surface area (Å²) in [6.45, 7) is 0.813. The summed E-state index contributed by atoms with van der Waals surface area (Å²) in [4.78, 5) is 18.9. The number of rotatable bonds is 5. The molecule has 0 spiro atoms. The van der Waals surface area contributed by atoms with Gasteiger partial charge in [-0.25, -0.2) is 9.79 Å². The fourth-order valence-electron chi connectivity index (χ4n) is 1.48. The normalized spacial score (nSPS) is 13.3. The van der Waals surface area contributed by atoms with Gasteiger partial charge in [-0.1, -0.05) is 0 Å². The van der Waals surface area contributed by atoms with E-state index >= 15 is 0 Å². The molecule has 6 heteroatoms. The highest BCUT2D eigenvalue weighted by molar-refractivity contribution is 5.95. The zero-order valence-corrected chi connectivity index (χ0v) is 9.79. The molecule has 0 aliphatic carbocycles. The molecule has 0 atom stereocenters. The summed E-state index contributed by atoms with van der Waals surface area (Å²) in [6.07, 6.45) is 1.70. The Hall–Kier alpha value is -2.37. The SMILES string of the molecule is COc1cc(C(=O)O)ccc1OCC1=NCC=N1. The molecular weight excluding hydrogens is 236 g/mol. The van der Waals surface area contributed by atoms with Crippen LogP contribution in [0.1, 0.15) is 10.4 Å². The average Bonchev–Trinajstić information content (AvgIpc) is 2.89. The van der Waals surface area contributed by atoms with Crippen LogP contribution in [-0.2, 0) is 0 Å². The van der Waals surface area contributed by atoms with Crippen LogP contribution in [0, 0.1) is 0 Å². The summed E-state index contributed by atoms with van der Waals surface area (Å²) in [5.41, 5.74) is 0.149. The van der Waals surface area contributed by atoms with E-state index in [-0.39, 0.29) is 12.2 Å². The molecule has 1 aromatic carbocycles. The van der Waals surface area contributed by atoms with Crippen molar-refractivity contribution >= 4 is 18.0 Å². The van der Waals surface area contributed by atoms with E-state index in [0.717, 1.165) is 0 Å². The number of carbonyl (C=O) groups is 1. The molecule has 1 aliphatic rings. The van der Waals surface area contributed by atoms with Gasteiger partial charge >= 0.3 is 5.97 Å². The van der Waals surface area contributed by atoms with Crippen LogP contribution in [0.3, 0.4) is 0 Å². The van der Waals surface area contributed by atoms with Gasteiger partial charge in [-0.05, 0) is 18.2 Å². The zero-order valence-electron chi connectivity index (χ0n) is 9.79. The molecule has 0 amide bonds. The van der Waals surface area contributed by atoms with Crippen molar-refractivity contribution < 1.29 is 19.4 Å². The number of aromatic carboxylic acids is 1. The van der Waals surface area contributed by atoms with E-state index < -0.39 is 5.97 Å². The van der Waals surface area contributed by atoms with Crippen molar-refractivity contribution in [3.8, 4) is 11.5 Å². The first-order valence-electron chi connectivity index (χ1n) is 5.30. The van der Waals surface area contributed by atoms with E-state index in [4.69, 9.17) is 14.6 Å². The topological polar surface area (TPSA) is 80.5 Å². The molecule has 0 saturated heterocycles. The van der Waals surface area contributed by atoms with Crippen LogP contribution >= 0.6 is 0 Å². The van der Waals surface area contributed by atoms with Crippen LogP contribution < -0.4 is 9.47 Å². The van der Waals surface area contributed by atoms with Gasteiger partial charge in [0.1, 0.15) is 6.61 Å². The third kappa shape index (κ3) is 2.65. The Labute approximate surface area is 104 Å². The Morgan fingerprint density at radius 1 is 1.44 bits per heavy atom. The minimum atomic E-state index is -1.01. The van der Waals surface area contributed by atoms with Crippen LogP contribution in [-0.4, -0.2) is 43.4 Å². The van der Waals surface area contributed by atoms with E-state index in [1.54, 1.807) is 12.3 Å². The Bertz CT molecular complexity index is 523. The standard InChI is InChI=1S/C12H12N2O4/c1-17-10-6-8(12(15)16)2-3-9(10)18-7-11-13-4-5-14-11/h2-4,6H,5,7H2,1H3,(H,15,16). The first-order valence-corrected chi connectivity index (χ1v) is 5.30. The third-order valence-electron chi connectivity index (χ3n) is 2.36. The van der Waals surface area contributed by atoms with E-state index in [1.165, 1.54) is 19.2 Å². The monoisotopic (exact) mass is 248 g/mol. The summed E-state index contributed by atoms with van der Waals surface area (Å²) >= 11 is 0. The molecule has 0 fully saturated rings. The average molecular weight is 248 g/mol. The van der Waals surface area contributed by atoms with Gasteiger partial charge in [-0.3, -0.25) is 4.99 Å². The predicted molar refractivity (Wildman–Crippen MR) is 66.2 cm³/mol. The van der Waals surface area contributed by atoms with Gasteiger partial charge in [-0.2, -0.15) is 0 Å². The van der Waals surface area contributed by atoms with Crippen molar-refractivity contribution in [2.75, 3.05) is 20.3 Å². The fourth-order valence-corrected chi connectivity index (χ4v) is 1.48. The van der Waals surface area contributed by atoms with Crippen molar-refractivity contribution in [1.82, 2.24) is 0 Å². The van der Waals surface area contributed by atoms with Crippen LogP contribution in [0.25, 0.3) is 0 Å². The van der Waals surface area contributed by atoms with E-state index in [9.17, 15) is 4.79 Å². The molecule has 1 aromatic rings. The lowest BCUT2D eigenvalue weighted by molar-refractivity contribution is 0.0696. The van der Waals surface area contributed by atoms with Crippen molar-refractivity contribution in [2.24, 2.45) is 9.98 Å². The summed E-state index contributed by atoms with van der Waals surface area (Å²) in [7, 11) is 1.46. The highest BCUT2D eigenvalue weighted by Gasteiger charge is 2.11. The van der Waals surface area contributed by atoms with Crippen LogP contribution in [0.5, 0.6) is 11.5 Å². The molecule has 1 N–H and O–H groups in total. The number of carboxylic acids is 1. The van der Waals surface area contributed by atoms with E-state index in [1.807, 2.05) is 0 Å². The summed E-state index contributed by atoms with van der Waals surface area (Å²) in [5.74, 6) is 0.439. The van der Waals surface area contributed by atoms with E-state index in [0.29, 0.717) is 23.9 Å². The highest BCUT2D eigenvalue weighted by Crippen LogP contribution is 2.28. The maximum absolute atomic E-state index is 10.8. The minimum absolute atomic E-state index is 0.149. The van der Waals surface area contributed by atoms with Gasteiger partial charge in [0.25, 0.3) is 0 Å². The lowest BCUT2D eigenvalue weighted by atomic mass is 10.2. The van der Waals surface area contributed by atoms with Crippen molar-refractivity contribution in [2.45, 2.75) is 0 Å². The maximum atomic E-state index is 10.8. The molecule has 2 rings (SSSR count). The third-order valence-corrected chi connectivity index (χ3v) is 2.36. The van der Waals surface area contributed by atoms with Crippen LogP contribution in [0.15, 0.2) is 28.2 Å². The second-order valence-electron chi connectivity index (χ2n) is 3.53. The summed E-state index contributed by atoms with van der Waals surface area (Å²) in [5, 5.41) is 8.86. The van der Waals surface area contributed by atoms with E-state index in [2.05, 4.69) is 9.98 Å².